The smallest absolute Gasteiger partial charge is 0.407 e. The SMILES string of the molecule is CS(=O)(=O)c1ccc(Nc2nc(N3CCC[C@@H](NC(=O)OCC4CCN(c5ccc6c(c5)C(=O)N(C5CCC(=O)NC5=O)C6=O)CC4)C3)cnc2C(N)=O)cc1. The molecule has 0 radical (unpaired) electrons. The summed E-state index contributed by atoms with van der Waals surface area (Å²) in [7, 11) is -3.39. The number of nitrogens with one attached hydrogen (secondary N) is 3. The molecule has 294 valence electrons. The number of carbonyl (C=O) groups excluding carboxylic acids is 6. The van der Waals surface area contributed by atoms with Crippen LogP contribution in [0.1, 0.15) is 69.7 Å². The third-order valence-corrected chi connectivity index (χ3v) is 11.6. The van der Waals surface area contributed by atoms with Gasteiger partial charge in [0.25, 0.3) is 17.7 Å². The highest BCUT2D eigenvalue weighted by Gasteiger charge is 2.45. The van der Waals surface area contributed by atoms with Crippen LogP contribution in [0.4, 0.5) is 27.8 Å². The van der Waals surface area contributed by atoms with Gasteiger partial charge in [-0.3, -0.25) is 34.2 Å². The predicted octanol–water partition coefficient (Wildman–Crippen LogP) is 1.74. The molecule has 5 heterocycles. The summed E-state index contributed by atoms with van der Waals surface area (Å²) in [5, 5.41) is 8.16. The van der Waals surface area contributed by atoms with E-state index in [-0.39, 0.29) is 58.9 Å². The van der Waals surface area contributed by atoms with Gasteiger partial charge in [-0.25, -0.2) is 23.2 Å². The van der Waals surface area contributed by atoms with E-state index in [2.05, 4.69) is 30.8 Å². The minimum Gasteiger partial charge on any atom is -0.449 e. The number of rotatable bonds is 10. The number of carbonyl (C=O) groups is 6. The summed E-state index contributed by atoms with van der Waals surface area (Å²) < 4.78 is 29.3. The molecule has 5 N–H and O–H groups in total. The molecule has 1 aromatic heterocycles. The first-order valence-corrected chi connectivity index (χ1v) is 20.2. The molecule has 3 saturated heterocycles. The number of alkyl carbamates (subject to hydrolysis) is 1. The number of nitrogens with two attached hydrogens (primary N) is 1. The van der Waals surface area contributed by atoms with Crippen LogP contribution in [0.5, 0.6) is 0 Å². The van der Waals surface area contributed by atoms with Crippen LogP contribution in [-0.4, -0.2) is 110 Å². The van der Waals surface area contributed by atoms with Crippen molar-refractivity contribution >= 4 is 68.5 Å². The lowest BCUT2D eigenvalue weighted by molar-refractivity contribution is -0.136. The van der Waals surface area contributed by atoms with Gasteiger partial charge >= 0.3 is 6.09 Å². The van der Waals surface area contributed by atoms with Gasteiger partial charge in [0, 0.05) is 56.3 Å². The molecular formula is C37H41N9O9S. The zero-order valence-corrected chi connectivity index (χ0v) is 31.3. The number of primary amides is 1. The number of benzene rings is 2. The van der Waals surface area contributed by atoms with Gasteiger partial charge in [0.1, 0.15) is 11.9 Å². The number of aromatic nitrogens is 2. The highest BCUT2D eigenvalue weighted by atomic mass is 32.2. The maximum Gasteiger partial charge on any atom is 0.407 e. The summed E-state index contributed by atoms with van der Waals surface area (Å²) in [4.78, 5) is 89.3. The molecule has 1 unspecified atom stereocenters. The quantitative estimate of drug-likeness (QED) is 0.214. The van der Waals surface area contributed by atoms with Crippen molar-refractivity contribution in [3.05, 3.63) is 65.5 Å². The molecule has 3 fully saturated rings. The van der Waals surface area contributed by atoms with Crippen LogP contribution in [0.3, 0.4) is 0 Å². The Labute approximate surface area is 322 Å². The first kappa shape index (κ1) is 38.2. The number of hydrogen-bond donors (Lipinski definition) is 4. The highest BCUT2D eigenvalue weighted by molar-refractivity contribution is 7.90. The Morgan fingerprint density at radius 1 is 0.946 bits per heavy atom. The number of imide groups is 2. The fourth-order valence-corrected chi connectivity index (χ4v) is 8.07. The van der Waals surface area contributed by atoms with Crippen LogP contribution in [0.2, 0.25) is 0 Å². The maximum absolute atomic E-state index is 13.3. The number of anilines is 4. The van der Waals surface area contributed by atoms with Gasteiger partial charge in [0.05, 0.1) is 28.8 Å². The van der Waals surface area contributed by atoms with Gasteiger partial charge in [-0.2, -0.15) is 0 Å². The van der Waals surface area contributed by atoms with Crippen LogP contribution >= 0.6 is 0 Å². The van der Waals surface area contributed by atoms with Crippen molar-refractivity contribution in [1.29, 1.82) is 0 Å². The Balaban J connectivity index is 0.895. The van der Waals surface area contributed by atoms with Crippen molar-refractivity contribution in [2.24, 2.45) is 11.7 Å². The summed E-state index contributed by atoms with van der Waals surface area (Å²) in [5.41, 5.74) is 7.18. The van der Waals surface area contributed by atoms with Gasteiger partial charge < -0.3 is 30.9 Å². The lowest BCUT2D eigenvalue weighted by Gasteiger charge is -2.34. The van der Waals surface area contributed by atoms with Crippen molar-refractivity contribution in [3.63, 3.8) is 0 Å². The molecule has 0 spiro atoms. The lowest BCUT2D eigenvalue weighted by Crippen LogP contribution is -2.54. The fourth-order valence-electron chi connectivity index (χ4n) is 7.44. The predicted molar refractivity (Wildman–Crippen MR) is 201 cm³/mol. The van der Waals surface area contributed by atoms with Crippen molar-refractivity contribution < 1.29 is 41.9 Å². The summed E-state index contributed by atoms with van der Waals surface area (Å²) >= 11 is 0. The molecule has 0 bridgehead atoms. The van der Waals surface area contributed by atoms with Crippen LogP contribution in [0.15, 0.2) is 53.6 Å². The summed E-state index contributed by atoms with van der Waals surface area (Å²) in [6.07, 6.45) is 5.09. The molecule has 19 heteroatoms. The van der Waals surface area contributed by atoms with Crippen LogP contribution < -0.4 is 31.5 Å². The molecule has 6 amide bonds. The van der Waals surface area contributed by atoms with Crippen molar-refractivity contribution in [2.45, 2.75) is 55.5 Å². The minimum absolute atomic E-state index is 0.0516. The highest BCUT2D eigenvalue weighted by Crippen LogP contribution is 2.32. The Kier molecular flexibility index (Phi) is 10.6. The molecular weight excluding hydrogens is 747 g/mol. The second kappa shape index (κ2) is 15.6. The average Bonchev–Trinajstić information content (AvgIpc) is 3.42. The third kappa shape index (κ3) is 8.12. The van der Waals surface area contributed by atoms with E-state index in [9.17, 15) is 37.2 Å². The molecule has 7 rings (SSSR count). The van der Waals surface area contributed by atoms with Gasteiger partial charge in [-0.05, 0) is 80.5 Å². The van der Waals surface area contributed by atoms with Crippen molar-refractivity contribution in [1.82, 2.24) is 25.5 Å². The largest absolute Gasteiger partial charge is 0.449 e. The van der Waals surface area contributed by atoms with Crippen LogP contribution in [0.25, 0.3) is 0 Å². The van der Waals surface area contributed by atoms with Gasteiger partial charge in [-0.15, -0.1) is 0 Å². The Hall–Kier alpha value is -6.11. The first-order chi connectivity index (χ1) is 26.7. The number of fused-ring (bicyclic) bond motifs is 1. The second-order valence-electron chi connectivity index (χ2n) is 14.3. The number of piperidine rings is 3. The number of ether oxygens (including phenoxy) is 1. The molecule has 18 nitrogen and oxygen atoms in total. The van der Waals surface area contributed by atoms with E-state index in [0.717, 1.165) is 42.5 Å². The van der Waals surface area contributed by atoms with E-state index in [1.165, 1.54) is 18.3 Å². The van der Waals surface area contributed by atoms with E-state index in [1.807, 2.05) is 4.90 Å². The number of hydrogen-bond acceptors (Lipinski definition) is 14. The molecule has 0 saturated carbocycles. The number of amides is 6. The summed E-state index contributed by atoms with van der Waals surface area (Å²) in [5.74, 6) is -2.28. The summed E-state index contributed by atoms with van der Waals surface area (Å²) in [6, 6.07) is 9.77. The zero-order chi connectivity index (χ0) is 39.7. The molecule has 56 heavy (non-hydrogen) atoms. The van der Waals surface area contributed by atoms with Crippen molar-refractivity contribution in [2.75, 3.05) is 54.2 Å². The molecule has 2 aromatic carbocycles. The molecule has 3 aromatic rings. The van der Waals surface area contributed by atoms with E-state index >= 15 is 0 Å². The first-order valence-electron chi connectivity index (χ1n) is 18.3. The monoisotopic (exact) mass is 787 g/mol. The lowest BCUT2D eigenvalue weighted by atomic mass is 9.97. The zero-order valence-electron chi connectivity index (χ0n) is 30.5. The molecule has 4 aliphatic rings. The Bertz CT molecular complexity index is 2210. The fraction of sp³-hybridized carbons (Fsp3) is 0.405. The van der Waals surface area contributed by atoms with Crippen molar-refractivity contribution in [3.8, 4) is 0 Å². The average molecular weight is 788 g/mol. The Morgan fingerprint density at radius 2 is 1.68 bits per heavy atom. The molecule has 4 aliphatic heterocycles. The Morgan fingerprint density at radius 3 is 2.38 bits per heavy atom. The van der Waals surface area contributed by atoms with E-state index in [1.54, 1.807) is 30.3 Å². The standard InChI is InChI=1S/C37H41N9O9S/c1-56(53,54)25-7-4-22(5-8-25)40-33-31(32(38)48)39-18-29(42-33)45-14-2-3-23(19-45)41-37(52)55-20-21-12-15-44(16-13-21)24-6-9-26-27(17-24)36(51)46(35(26)50)28-10-11-30(47)43-34(28)49/h4-9,17-18,21,23,28H,2-3,10-16,19-20H2,1H3,(H2,38,48)(H,40,42)(H,41,52)(H,43,47,49)/t23-,28?/m1/s1. The second-order valence-corrected chi connectivity index (χ2v) is 16.4. The molecule has 2 atom stereocenters. The maximum atomic E-state index is 13.3. The van der Waals surface area contributed by atoms with Gasteiger partial charge in [0.15, 0.2) is 21.3 Å². The van der Waals surface area contributed by atoms with E-state index in [4.69, 9.17) is 10.5 Å². The van der Waals surface area contributed by atoms with E-state index < -0.39 is 51.5 Å². The van der Waals surface area contributed by atoms with Gasteiger partial charge in [-0.1, -0.05) is 0 Å². The van der Waals surface area contributed by atoms with Gasteiger partial charge in [0.2, 0.25) is 11.8 Å². The number of sulfone groups is 1. The van der Waals surface area contributed by atoms with E-state index in [0.29, 0.717) is 37.7 Å². The molecule has 0 aliphatic carbocycles. The van der Waals surface area contributed by atoms with Crippen LogP contribution in [0, 0.1) is 5.92 Å². The third-order valence-electron chi connectivity index (χ3n) is 10.5. The minimum atomic E-state index is -3.39. The topological polar surface area (TPSA) is 243 Å². The van der Waals surface area contributed by atoms with Crippen LogP contribution in [-0.2, 0) is 24.2 Å². The normalized spacial score (nSPS) is 20.4. The number of nitrogens with zero attached hydrogens (tertiary/aromatic N) is 5. The summed E-state index contributed by atoms with van der Waals surface area (Å²) in [6.45, 7) is 2.56.